The molecule has 0 aliphatic carbocycles. The van der Waals surface area contributed by atoms with Gasteiger partial charge in [-0.2, -0.15) is 0 Å². The highest BCUT2D eigenvalue weighted by atomic mass is 79.9. The van der Waals surface area contributed by atoms with Crippen LogP contribution in [0.5, 0.6) is 0 Å². The third kappa shape index (κ3) is 2.69. The summed E-state index contributed by atoms with van der Waals surface area (Å²) in [5, 5.41) is 5.67. The van der Waals surface area contributed by atoms with E-state index in [2.05, 4.69) is 59.3 Å². The van der Waals surface area contributed by atoms with Gasteiger partial charge in [-0.3, -0.25) is 0 Å². The summed E-state index contributed by atoms with van der Waals surface area (Å²) in [6, 6.07) is 14.2. The number of benzene rings is 2. The summed E-state index contributed by atoms with van der Waals surface area (Å²) in [7, 11) is 0. The zero-order valence-corrected chi connectivity index (χ0v) is 13.9. The van der Waals surface area contributed by atoms with Crippen molar-refractivity contribution in [2.24, 2.45) is 0 Å². The molecule has 3 rings (SSSR count). The maximum absolute atomic E-state index is 4.39. The summed E-state index contributed by atoms with van der Waals surface area (Å²) < 4.78 is 1.85. The number of nitrogens with one attached hydrogen (secondary N) is 1. The van der Waals surface area contributed by atoms with Crippen molar-refractivity contribution in [3.63, 3.8) is 0 Å². The number of hydrogen-bond acceptors (Lipinski definition) is 3. The van der Waals surface area contributed by atoms with Crippen LogP contribution in [0.15, 0.2) is 51.5 Å². The first-order valence-corrected chi connectivity index (χ1v) is 7.67. The predicted molar refractivity (Wildman–Crippen MR) is 89.4 cm³/mol. The van der Waals surface area contributed by atoms with E-state index in [4.69, 9.17) is 0 Å². The van der Waals surface area contributed by atoms with E-state index < -0.39 is 0 Å². The number of hydrogen-bond donors (Lipinski definition) is 1. The van der Waals surface area contributed by atoms with E-state index in [-0.39, 0.29) is 0 Å². The fourth-order valence-electron chi connectivity index (χ4n) is 2.10. The molecule has 0 saturated carbocycles. The van der Waals surface area contributed by atoms with Gasteiger partial charge in [-0.25, -0.2) is 9.97 Å². The Balaban J connectivity index is 2.09. The second kappa shape index (κ2) is 5.50. The van der Waals surface area contributed by atoms with Crippen molar-refractivity contribution in [2.75, 3.05) is 5.32 Å². The van der Waals surface area contributed by atoms with Gasteiger partial charge in [0, 0.05) is 21.6 Å². The van der Waals surface area contributed by atoms with Gasteiger partial charge in [0.2, 0.25) is 0 Å². The minimum absolute atomic E-state index is 0.725. The van der Waals surface area contributed by atoms with Crippen LogP contribution in [0.4, 0.5) is 11.5 Å². The van der Waals surface area contributed by atoms with Crippen molar-refractivity contribution < 1.29 is 0 Å². The van der Waals surface area contributed by atoms with Gasteiger partial charge in [0.1, 0.15) is 16.2 Å². The molecule has 0 bridgehead atoms. The van der Waals surface area contributed by atoms with E-state index in [0.29, 0.717) is 0 Å². The number of fused-ring (bicyclic) bond motifs is 1. The molecule has 3 aromatic rings. The lowest BCUT2D eigenvalue weighted by molar-refractivity contribution is 1.04. The summed E-state index contributed by atoms with van der Waals surface area (Å²) in [5.41, 5.74) is 1.02. The van der Waals surface area contributed by atoms with Crippen molar-refractivity contribution >= 4 is 54.1 Å². The molecule has 5 heteroatoms. The average Bonchev–Trinajstić information content (AvgIpc) is 2.41. The van der Waals surface area contributed by atoms with Crippen LogP contribution >= 0.6 is 31.9 Å². The number of aryl methyl sites for hydroxylation is 1. The molecule has 0 saturated heterocycles. The van der Waals surface area contributed by atoms with Crippen molar-refractivity contribution in [2.45, 2.75) is 6.92 Å². The number of rotatable bonds is 2. The monoisotopic (exact) mass is 391 g/mol. The third-order valence-corrected chi connectivity index (χ3v) is 4.04. The van der Waals surface area contributed by atoms with Gasteiger partial charge in [-0.15, -0.1) is 0 Å². The zero-order chi connectivity index (χ0) is 14.1. The molecule has 1 aromatic heterocycles. The molecule has 3 nitrogen and oxygen atoms in total. The Bertz CT molecular complexity index is 767. The molecule has 0 aliphatic rings. The number of halogens is 2. The van der Waals surface area contributed by atoms with E-state index in [9.17, 15) is 0 Å². The molecule has 20 heavy (non-hydrogen) atoms. The zero-order valence-electron chi connectivity index (χ0n) is 10.7. The average molecular weight is 393 g/mol. The lowest BCUT2D eigenvalue weighted by Crippen LogP contribution is -1.98. The van der Waals surface area contributed by atoms with E-state index in [0.717, 1.165) is 31.8 Å². The van der Waals surface area contributed by atoms with Gasteiger partial charge in [0.15, 0.2) is 0 Å². The maximum atomic E-state index is 4.39. The van der Waals surface area contributed by atoms with Crippen molar-refractivity contribution in [3.8, 4) is 0 Å². The highest BCUT2D eigenvalue weighted by molar-refractivity contribution is 9.10. The minimum atomic E-state index is 0.725. The molecule has 0 spiro atoms. The minimum Gasteiger partial charge on any atom is -0.340 e. The largest absolute Gasteiger partial charge is 0.340 e. The Kier molecular flexibility index (Phi) is 3.72. The molecule has 100 valence electrons. The molecule has 0 atom stereocenters. The van der Waals surface area contributed by atoms with E-state index >= 15 is 0 Å². The summed E-state index contributed by atoms with van der Waals surface area (Å²) in [4.78, 5) is 8.60. The highest BCUT2D eigenvalue weighted by Crippen LogP contribution is 2.31. The maximum Gasteiger partial charge on any atom is 0.135 e. The molecular weight excluding hydrogens is 382 g/mol. The lowest BCUT2D eigenvalue weighted by Gasteiger charge is -2.11. The van der Waals surface area contributed by atoms with Gasteiger partial charge in [-0.05, 0) is 40.4 Å². The summed E-state index contributed by atoms with van der Waals surface area (Å²) in [5.74, 6) is 1.50. The molecule has 1 heterocycles. The van der Waals surface area contributed by atoms with Crippen LogP contribution in [0.2, 0.25) is 0 Å². The van der Waals surface area contributed by atoms with Crippen LogP contribution in [0.25, 0.3) is 10.8 Å². The first-order chi connectivity index (χ1) is 9.63. The summed E-state index contributed by atoms with van der Waals surface area (Å²) >= 11 is 6.97. The highest BCUT2D eigenvalue weighted by Gasteiger charge is 2.06. The van der Waals surface area contributed by atoms with Gasteiger partial charge < -0.3 is 5.32 Å². The third-order valence-electron chi connectivity index (χ3n) is 2.94. The Morgan fingerprint density at radius 3 is 2.45 bits per heavy atom. The molecule has 0 amide bonds. The van der Waals surface area contributed by atoms with Crippen LogP contribution in [0, 0.1) is 6.92 Å². The fourth-order valence-corrected chi connectivity index (χ4v) is 3.06. The van der Waals surface area contributed by atoms with Crippen molar-refractivity contribution in [3.05, 3.63) is 57.4 Å². The number of anilines is 2. The Morgan fingerprint density at radius 2 is 1.70 bits per heavy atom. The molecule has 0 fully saturated rings. The van der Waals surface area contributed by atoms with E-state index in [1.54, 1.807) is 0 Å². The molecule has 0 aliphatic heterocycles. The Labute approximate surface area is 133 Å². The van der Waals surface area contributed by atoms with Gasteiger partial charge >= 0.3 is 0 Å². The molecule has 0 radical (unpaired) electrons. The van der Waals surface area contributed by atoms with Crippen LogP contribution < -0.4 is 5.32 Å². The summed E-state index contributed by atoms with van der Waals surface area (Å²) in [6.07, 6.45) is 0. The first-order valence-electron chi connectivity index (χ1n) is 6.09. The summed E-state index contributed by atoms with van der Waals surface area (Å²) in [6.45, 7) is 1.87. The second-order valence-corrected chi connectivity index (χ2v) is 6.06. The molecule has 1 N–H and O–H groups in total. The van der Waals surface area contributed by atoms with E-state index in [1.165, 1.54) is 5.39 Å². The van der Waals surface area contributed by atoms with Crippen molar-refractivity contribution in [1.29, 1.82) is 0 Å². The quantitative estimate of drug-likeness (QED) is 0.608. The predicted octanol–water partition coefficient (Wildman–Crippen LogP) is 5.21. The van der Waals surface area contributed by atoms with E-state index in [1.807, 2.05) is 37.3 Å². The van der Waals surface area contributed by atoms with Gasteiger partial charge in [0.05, 0.1) is 0 Å². The lowest BCUT2D eigenvalue weighted by atomic mass is 10.1. The Morgan fingerprint density at radius 1 is 0.950 bits per heavy atom. The number of aromatic nitrogens is 2. The van der Waals surface area contributed by atoms with Crippen LogP contribution in [0.1, 0.15) is 5.82 Å². The van der Waals surface area contributed by atoms with Crippen LogP contribution in [-0.2, 0) is 0 Å². The second-order valence-electron chi connectivity index (χ2n) is 4.39. The fraction of sp³-hybridized carbons (Fsp3) is 0.0667. The smallest absolute Gasteiger partial charge is 0.135 e. The van der Waals surface area contributed by atoms with Crippen LogP contribution in [-0.4, -0.2) is 9.97 Å². The Hall–Kier alpha value is -1.46. The standard InChI is InChI=1S/C15H11Br2N3/c1-9-18-14(17)8-15(19-9)20-13-7-6-12(16)10-4-2-3-5-11(10)13/h2-8H,1H3,(H,18,19,20). The normalized spacial score (nSPS) is 10.8. The van der Waals surface area contributed by atoms with Crippen molar-refractivity contribution in [1.82, 2.24) is 9.97 Å². The molecule has 0 unspecified atom stereocenters. The topological polar surface area (TPSA) is 37.8 Å². The van der Waals surface area contributed by atoms with Gasteiger partial charge in [0.25, 0.3) is 0 Å². The van der Waals surface area contributed by atoms with Crippen LogP contribution in [0.3, 0.4) is 0 Å². The number of nitrogens with zero attached hydrogens (tertiary/aromatic N) is 2. The molecule has 2 aromatic carbocycles. The SMILES string of the molecule is Cc1nc(Br)cc(Nc2ccc(Br)c3ccccc23)n1. The first kappa shape index (κ1) is 13.5. The van der Waals surface area contributed by atoms with Gasteiger partial charge in [-0.1, -0.05) is 40.2 Å². The molecular formula is C15H11Br2N3.